The molecule has 0 fully saturated rings. The van der Waals surface area contributed by atoms with Gasteiger partial charge in [0.05, 0.1) is 11.4 Å². The smallest absolute Gasteiger partial charge is 0.159 e. The fraction of sp³-hybridized carbons (Fsp3) is 0.0645. The summed E-state index contributed by atoms with van der Waals surface area (Å²) in [6.07, 6.45) is 1.92. The fourth-order valence-corrected chi connectivity index (χ4v) is 5.17. The number of furan rings is 1. The molecule has 0 radical (unpaired) electrons. The summed E-state index contributed by atoms with van der Waals surface area (Å²) in [5, 5.41) is 6.02. The molecule has 0 spiro atoms. The van der Waals surface area contributed by atoms with Crippen LogP contribution >= 0.6 is 0 Å². The third-order valence-corrected chi connectivity index (χ3v) is 6.95. The summed E-state index contributed by atoms with van der Waals surface area (Å²) in [5.41, 5.74) is 13.1. The second kappa shape index (κ2) is 7.06. The number of para-hydroxylation sites is 1. The highest BCUT2D eigenvalue weighted by atomic mass is 16.3. The highest BCUT2D eigenvalue weighted by Crippen LogP contribution is 2.47. The van der Waals surface area contributed by atoms with Gasteiger partial charge in [0.25, 0.3) is 0 Å². The lowest BCUT2D eigenvalue weighted by atomic mass is 9.88. The molecular weight excluding hydrogens is 416 g/mol. The van der Waals surface area contributed by atoms with Crippen LogP contribution in [0.3, 0.4) is 0 Å². The first kappa shape index (κ1) is 19.1. The normalized spacial score (nSPS) is 12.1. The summed E-state index contributed by atoms with van der Waals surface area (Å²) in [4.78, 5) is 4.66. The van der Waals surface area contributed by atoms with Gasteiger partial charge >= 0.3 is 0 Å². The minimum absolute atomic E-state index is 0.889. The van der Waals surface area contributed by atoms with Crippen LogP contribution in [0, 0.1) is 13.8 Å². The predicted molar refractivity (Wildman–Crippen MR) is 141 cm³/mol. The summed E-state index contributed by atoms with van der Waals surface area (Å²) in [5.74, 6) is 0. The molecule has 1 aliphatic heterocycles. The number of hydrogen-bond donors (Lipinski definition) is 1. The van der Waals surface area contributed by atoms with E-state index in [1.165, 1.54) is 16.7 Å². The summed E-state index contributed by atoms with van der Waals surface area (Å²) < 4.78 is 6.41. The van der Waals surface area contributed by atoms with E-state index in [2.05, 4.69) is 96.9 Å². The first-order valence-electron chi connectivity index (χ1n) is 11.6. The van der Waals surface area contributed by atoms with Gasteiger partial charge in [0.1, 0.15) is 5.58 Å². The van der Waals surface area contributed by atoms with E-state index in [9.17, 15) is 0 Å². The molecule has 0 saturated heterocycles. The third kappa shape index (κ3) is 2.74. The highest BCUT2D eigenvalue weighted by Gasteiger charge is 2.22. The average Bonchev–Trinajstić information content (AvgIpc) is 3.24. The predicted octanol–water partition coefficient (Wildman–Crippen LogP) is 8.66. The Hall–Kier alpha value is -4.37. The van der Waals surface area contributed by atoms with Crippen molar-refractivity contribution < 1.29 is 4.42 Å². The molecule has 0 unspecified atom stereocenters. The maximum absolute atomic E-state index is 6.41. The zero-order valence-electron chi connectivity index (χ0n) is 19.0. The summed E-state index contributed by atoms with van der Waals surface area (Å²) >= 11 is 0. The fourth-order valence-electron chi connectivity index (χ4n) is 5.17. The van der Waals surface area contributed by atoms with Gasteiger partial charge in [-0.25, -0.2) is 0 Å². The van der Waals surface area contributed by atoms with E-state index < -0.39 is 0 Å². The van der Waals surface area contributed by atoms with Crippen molar-refractivity contribution in [2.45, 2.75) is 13.8 Å². The molecule has 34 heavy (non-hydrogen) atoms. The molecule has 0 amide bonds. The molecule has 7 rings (SSSR count). The van der Waals surface area contributed by atoms with Gasteiger partial charge in [0.2, 0.25) is 0 Å². The first-order chi connectivity index (χ1) is 16.7. The minimum Gasteiger partial charge on any atom is -0.454 e. The highest BCUT2D eigenvalue weighted by molar-refractivity contribution is 6.13. The summed E-state index contributed by atoms with van der Waals surface area (Å²) in [7, 11) is 0. The van der Waals surface area contributed by atoms with Crippen molar-refractivity contribution in [2.75, 3.05) is 5.32 Å². The number of anilines is 2. The zero-order chi connectivity index (χ0) is 22.8. The van der Waals surface area contributed by atoms with Crippen LogP contribution in [0.4, 0.5) is 11.4 Å². The van der Waals surface area contributed by atoms with Crippen LogP contribution in [0.5, 0.6) is 0 Å². The van der Waals surface area contributed by atoms with E-state index in [1.54, 1.807) is 0 Å². The number of aryl methyl sites for hydroxylation is 1. The average molecular weight is 439 g/mol. The van der Waals surface area contributed by atoms with Crippen LogP contribution in [-0.2, 0) is 0 Å². The van der Waals surface area contributed by atoms with Gasteiger partial charge in [-0.15, -0.1) is 0 Å². The van der Waals surface area contributed by atoms with Crippen molar-refractivity contribution in [3.05, 3.63) is 102 Å². The maximum Gasteiger partial charge on any atom is 0.159 e. The summed E-state index contributed by atoms with van der Waals surface area (Å²) in [6.45, 7) is 4.27. The van der Waals surface area contributed by atoms with Gasteiger partial charge in [-0.2, -0.15) is 0 Å². The molecule has 0 saturated carbocycles. The van der Waals surface area contributed by atoms with Crippen molar-refractivity contribution in [3.63, 3.8) is 0 Å². The number of fused-ring (bicyclic) bond motifs is 10. The molecule has 6 aromatic rings. The first-order valence-corrected chi connectivity index (χ1v) is 11.6. The summed E-state index contributed by atoms with van der Waals surface area (Å²) in [6, 6.07) is 29.9. The van der Waals surface area contributed by atoms with Crippen molar-refractivity contribution in [2.24, 2.45) is 0 Å². The molecule has 1 N–H and O–H groups in total. The van der Waals surface area contributed by atoms with Crippen LogP contribution in [0.1, 0.15) is 11.1 Å². The van der Waals surface area contributed by atoms with Gasteiger partial charge in [-0.1, -0.05) is 54.6 Å². The standard InChI is InChI=1S/C31H22N2O/c1-18-10-14-27(32-17-18)20-11-15-28-26(16-20)22-8-5-7-21(19(22)2)24-12-13-25-23-6-3-4-9-29(23)34-31(25)30(24)33-28/h3-17,33H,1-2H3. The Morgan fingerprint density at radius 1 is 0.706 bits per heavy atom. The second-order valence-electron chi connectivity index (χ2n) is 9.05. The molecule has 3 heteroatoms. The van der Waals surface area contributed by atoms with E-state index >= 15 is 0 Å². The molecular formula is C31H22N2O. The van der Waals surface area contributed by atoms with E-state index in [4.69, 9.17) is 4.42 Å². The van der Waals surface area contributed by atoms with Crippen LogP contribution in [0.25, 0.3) is 55.4 Å². The molecule has 162 valence electrons. The van der Waals surface area contributed by atoms with Gasteiger partial charge in [0, 0.05) is 39.3 Å². The lowest BCUT2D eigenvalue weighted by Crippen LogP contribution is -2.02. The van der Waals surface area contributed by atoms with Crippen molar-refractivity contribution >= 4 is 33.3 Å². The van der Waals surface area contributed by atoms with Gasteiger partial charge in [-0.05, 0) is 66.4 Å². The lowest BCUT2D eigenvalue weighted by Gasteiger charge is -2.23. The van der Waals surface area contributed by atoms with Crippen LogP contribution in [0.15, 0.2) is 95.5 Å². The minimum atomic E-state index is 0.889. The molecule has 2 bridgehead atoms. The van der Waals surface area contributed by atoms with E-state index in [1.807, 2.05) is 18.3 Å². The van der Waals surface area contributed by atoms with Gasteiger partial charge in [-0.3, -0.25) is 4.98 Å². The molecule has 3 nitrogen and oxygen atoms in total. The maximum atomic E-state index is 6.41. The Morgan fingerprint density at radius 2 is 1.56 bits per heavy atom. The number of benzene rings is 4. The van der Waals surface area contributed by atoms with Crippen molar-refractivity contribution in [1.82, 2.24) is 4.98 Å². The molecule has 4 aromatic carbocycles. The quantitative estimate of drug-likeness (QED) is 0.279. The number of hydrogen-bond acceptors (Lipinski definition) is 3. The number of nitrogens with zero attached hydrogens (tertiary/aromatic N) is 1. The van der Waals surface area contributed by atoms with Crippen molar-refractivity contribution in [3.8, 4) is 33.5 Å². The van der Waals surface area contributed by atoms with Crippen LogP contribution < -0.4 is 5.32 Å². The monoisotopic (exact) mass is 438 g/mol. The Balaban J connectivity index is 1.52. The van der Waals surface area contributed by atoms with Gasteiger partial charge < -0.3 is 9.73 Å². The van der Waals surface area contributed by atoms with Crippen LogP contribution in [-0.4, -0.2) is 4.98 Å². The molecule has 0 atom stereocenters. The number of aromatic nitrogens is 1. The Labute approximate surface area is 197 Å². The van der Waals surface area contributed by atoms with E-state index in [-0.39, 0.29) is 0 Å². The molecule has 3 heterocycles. The van der Waals surface area contributed by atoms with Crippen molar-refractivity contribution in [1.29, 1.82) is 0 Å². The number of pyridine rings is 1. The van der Waals surface area contributed by atoms with Gasteiger partial charge in [0.15, 0.2) is 5.58 Å². The van der Waals surface area contributed by atoms with E-state index in [0.717, 1.165) is 61.3 Å². The zero-order valence-corrected chi connectivity index (χ0v) is 19.0. The SMILES string of the molecule is Cc1ccc(-c2ccc3c(c2)-c2cccc(c2C)-c2ccc4c(oc5ccccc54)c2N3)nc1. The third-order valence-electron chi connectivity index (χ3n) is 6.95. The van der Waals surface area contributed by atoms with Crippen LogP contribution in [0.2, 0.25) is 0 Å². The second-order valence-corrected chi connectivity index (χ2v) is 9.05. The topological polar surface area (TPSA) is 38.1 Å². The van der Waals surface area contributed by atoms with E-state index in [0.29, 0.717) is 0 Å². The molecule has 0 aliphatic carbocycles. The Morgan fingerprint density at radius 3 is 2.41 bits per heavy atom. The Kier molecular flexibility index (Phi) is 3.97. The lowest BCUT2D eigenvalue weighted by molar-refractivity contribution is 0.670. The largest absolute Gasteiger partial charge is 0.454 e. The molecule has 2 aromatic heterocycles. The number of nitrogens with one attached hydrogen (secondary N) is 1. The Bertz CT molecular complexity index is 1740. The molecule has 1 aliphatic rings. The number of rotatable bonds is 1.